The maximum absolute atomic E-state index is 12.6. The van der Waals surface area contributed by atoms with Crippen molar-refractivity contribution in [2.45, 2.75) is 6.42 Å². The summed E-state index contributed by atoms with van der Waals surface area (Å²) in [4.78, 5) is 20.9. The lowest BCUT2D eigenvalue weighted by atomic mass is 10.1. The molecule has 0 amide bonds. The van der Waals surface area contributed by atoms with Crippen LogP contribution in [0.1, 0.15) is 11.4 Å². The lowest BCUT2D eigenvalue weighted by Gasteiger charge is -2.05. The Balaban J connectivity index is 1.77. The second kappa shape index (κ2) is 6.64. The molecule has 4 aromatic rings. The molecule has 124 valence electrons. The van der Waals surface area contributed by atoms with Gasteiger partial charge in [0.1, 0.15) is 10.7 Å². The van der Waals surface area contributed by atoms with Crippen molar-refractivity contribution in [2.24, 2.45) is 0 Å². The number of aromatic nitrogens is 2. The van der Waals surface area contributed by atoms with Crippen molar-refractivity contribution in [2.75, 3.05) is 0 Å². The molecule has 2 aromatic carbocycles. The summed E-state index contributed by atoms with van der Waals surface area (Å²) in [6, 6.07) is 15.2. The van der Waals surface area contributed by atoms with Crippen molar-refractivity contribution in [3.05, 3.63) is 85.7 Å². The van der Waals surface area contributed by atoms with E-state index in [2.05, 4.69) is 9.97 Å². The molecule has 0 aliphatic heterocycles. The van der Waals surface area contributed by atoms with Crippen LogP contribution in [0.25, 0.3) is 21.3 Å². The van der Waals surface area contributed by atoms with E-state index in [1.54, 1.807) is 12.1 Å². The number of halogens is 2. The summed E-state index contributed by atoms with van der Waals surface area (Å²) < 4.78 is 0. The number of fused-ring (bicyclic) bond motifs is 1. The molecule has 25 heavy (non-hydrogen) atoms. The first kappa shape index (κ1) is 16.3. The molecule has 0 fully saturated rings. The van der Waals surface area contributed by atoms with Crippen LogP contribution in [0.5, 0.6) is 0 Å². The molecule has 3 nitrogen and oxygen atoms in total. The van der Waals surface area contributed by atoms with Crippen molar-refractivity contribution in [1.82, 2.24) is 9.97 Å². The number of thiophene rings is 1. The van der Waals surface area contributed by atoms with E-state index >= 15 is 0 Å². The van der Waals surface area contributed by atoms with Gasteiger partial charge in [0.05, 0.1) is 5.39 Å². The zero-order valence-electron chi connectivity index (χ0n) is 12.9. The van der Waals surface area contributed by atoms with Gasteiger partial charge in [0.15, 0.2) is 0 Å². The van der Waals surface area contributed by atoms with Crippen LogP contribution in [-0.4, -0.2) is 9.97 Å². The third-order valence-corrected chi connectivity index (χ3v) is 5.41. The summed E-state index contributed by atoms with van der Waals surface area (Å²) in [5.74, 6) is 0.586. The van der Waals surface area contributed by atoms with Gasteiger partial charge >= 0.3 is 0 Å². The van der Waals surface area contributed by atoms with Gasteiger partial charge in [-0.05, 0) is 23.3 Å². The number of nitrogens with zero attached hydrogens (tertiary/aromatic N) is 1. The molecule has 2 aromatic heterocycles. The van der Waals surface area contributed by atoms with Crippen LogP contribution in [0.15, 0.2) is 58.7 Å². The molecule has 0 spiro atoms. The predicted molar refractivity (Wildman–Crippen MR) is 105 cm³/mol. The highest BCUT2D eigenvalue weighted by Crippen LogP contribution is 2.31. The molecule has 0 unspecified atom stereocenters. The lowest BCUT2D eigenvalue weighted by Crippen LogP contribution is -2.11. The molecule has 0 bridgehead atoms. The molecule has 1 N–H and O–H groups in total. The fourth-order valence-electron chi connectivity index (χ4n) is 2.75. The Morgan fingerprint density at radius 2 is 1.88 bits per heavy atom. The SMILES string of the molecule is O=c1[nH]c(Cc2ccc(Cl)cc2Cl)nc2scc(-c3ccccc3)c12. The van der Waals surface area contributed by atoms with Gasteiger partial charge in [0.25, 0.3) is 5.56 Å². The van der Waals surface area contributed by atoms with E-state index in [9.17, 15) is 4.79 Å². The maximum atomic E-state index is 12.6. The summed E-state index contributed by atoms with van der Waals surface area (Å²) in [5, 5.41) is 3.74. The van der Waals surface area contributed by atoms with Crippen LogP contribution in [0.4, 0.5) is 0 Å². The van der Waals surface area contributed by atoms with Gasteiger partial charge in [-0.2, -0.15) is 0 Å². The number of hydrogen-bond donors (Lipinski definition) is 1. The smallest absolute Gasteiger partial charge is 0.260 e. The summed E-state index contributed by atoms with van der Waals surface area (Å²) in [5.41, 5.74) is 2.65. The van der Waals surface area contributed by atoms with Crippen molar-refractivity contribution in [3.8, 4) is 11.1 Å². The molecule has 0 saturated heterocycles. The van der Waals surface area contributed by atoms with Gasteiger partial charge in [-0.15, -0.1) is 11.3 Å². The molecule has 6 heteroatoms. The van der Waals surface area contributed by atoms with Crippen LogP contribution < -0.4 is 5.56 Å². The zero-order valence-corrected chi connectivity index (χ0v) is 15.3. The summed E-state index contributed by atoms with van der Waals surface area (Å²) >= 11 is 13.6. The Hall–Kier alpha value is -2.14. The molecule has 2 heterocycles. The first-order valence-electron chi connectivity index (χ1n) is 7.61. The quantitative estimate of drug-likeness (QED) is 0.501. The van der Waals surface area contributed by atoms with Gasteiger partial charge in [0.2, 0.25) is 0 Å². The van der Waals surface area contributed by atoms with E-state index in [0.717, 1.165) is 21.5 Å². The number of hydrogen-bond acceptors (Lipinski definition) is 3. The molecule has 0 aliphatic rings. The maximum Gasteiger partial charge on any atom is 0.260 e. The number of rotatable bonds is 3. The van der Waals surface area contributed by atoms with Crippen molar-refractivity contribution >= 4 is 44.8 Å². The van der Waals surface area contributed by atoms with E-state index in [0.29, 0.717) is 27.7 Å². The average Bonchev–Trinajstić information content (AvgIpc) is 3.03. The van der Waals surface area contributed by atoms with Crippen LogP contribution >= 0.6 is 34.5 Å². The Morgan fingerprint density at radius 3 is 2.64 bits per heavy atom. The van der Waals surface area contributed by atoms with Gasteiger partial charge in [-0.3, -0.25) is 4.79 Å². The van der Waals surface area contributed by atoms with E-state index < -0.39 is 0 Å². The van der Waals surface area contributed by atoms with E-state index in [-0.39, 0.29) is 5.56 Å². The van der Waals surface area contributed by atoms with Gasteiger partial charge < -0.3 is 4.98 Å². The Bertz CT molecular complexity index is 1120. The third kappa shape index (κ3) is 3.21. The Labute approximate surface area is 157 Å². The minimum atomic E-state index is -0.134. The van der Waals surface area contributed by atoms with Crippen LogP contribution in [0.3, 0.4) is 0 Å². The third-order valence-electron chi connectivity index (χ3n) is 3.95. The van der Waals surface area contributed by atoms with E-state index in [1.165, 1.54) is 11.3 Å². The van der Waals surface area contributed by atoms with Crippen LogP contribution in [0, 0.1) is 0 Å². The van der Waals surface area contributed by atoms with Crippen LogP contribution in [-0.2, 0) is 6.42 Å². The highest BCUT2D eigenvalue weighted by atomic mass is 35.5. The summed E-state index contributed by atoms with van der Waals surface area (Å²) in [7, 11) is 0. The fraction of sp³-hybridized carbons (Fsp3) is 0.0526. The molecule has 0 saturated carbocycles. The minimum absolute atomic E-state index is 0.134. The molecular weight excluding hydrogens is 375 g/mol. The zero-order chi connectivity index (χ0) is 17.4. The first-order valence-corrected chi connectivity index (χ1v) is 9.25. The highest BCUT2D eigenvalue weighted by molar-refractivity contribution is 7.17. The Kier molecular flexibility index (Phi) is 4.34. The molecule has 0 radical (unpaired) electrons. The normalized spacial score (nSPS) is 11.1. The second-order valence-electron chi connectivity index (χ2n) is 5.62. The Morgan fingerprint density at radius 1 is 1.08 bits per heavy atom. The largest absolute Gasteiger partial charge is 0.310 e. The van der Waals surface area contributed by atoms with Gasteiger partial charge in [0, 0.05) is 27.4 Å². The summed E-state index contributed by atoms with van der Waals surface area (Å²) in [6.07, 6.45) is 0.444. The first-order chi connectivity index (χ1) is 12.1. The van der Waals surface area contributed by atoms with Crippen LogP contribution in [0.2, 0.25) is 10.0 Å². The topological polar surface area (TPSA) is 45.8 Å². The fourth-order valence-corrected chi connectivity index (χ4v) is 4.19. The van der Waals surface area contributed by atoms with Crippen molar-refractivity contribution in [1.29, 1.82) is 0 Å². The van der Waals surface area contributed by atoms with Gasteiger partial charge in [-0.25, -0.2) is 4.98 Å². The van der Waals surface area contributed by atoms with Crippen molar-refractivity contribution in [3.63, 3.8) is 0 Å². The van der Waals surface area contributed by atoms with Gasteiger partial charge in [-0.1, -0.05) is 59.6 Å². The number of H-pyrrole nitrogens is 1. The summed E-state index contributed by atoms with van der Waals surface area (Å²) in [6.45, 7) is 0. The van der Waals surface area contributed by atoms with Crippen molar-refractivity contribution < 1.29 is 0 Å². The van der Waals surface area contributed by atoms with E-state index in [4.69, 9.17) is 23.2 Å². The molecular formula is C19H12Cl2N2OS. The van der Waals surface area contributed by atoms with E-state index in [1.807, 2.05) is 41.8 Å². The minimum Gasteiger partial charge on any atom is -0.310 e. The highest BCUT2D eigenvalue weighted by Gasteiger charge is 2.13. The monoisotopic (exact) mass is 386 g/mol. The molecule has 4 rings (SSSR count). The standard InChI is InChI=1S/C19H12Cl2N2OS/c20-13-7-6-12(15(21)9-13)8-16-22-18(24)17-14(10-25-19(17)23-16)11-4-2-1-3-5-11/h1-7,9-10H,8H2,(H,22,23,24). The number of benzene rings is 2. The number of aromatic amines is 1. The average molecular weight is 387 g/mol. The predicted octanol–water partition coefficient (Wildman–Crippen LogP) is 5.55. The number of nitrogens with one attached hydrogen (secondary N) is 1. The second-order valence-corrected chi connectivity index (χ2v) is 7.32. The lowest BCUT2D eigenvalue weighted by molar-refractivity contribution is 0.977. The molecule has 0 aliphatic carbocycles. The molecule has 0 atom stereocenters.